The Labute approximate surface area is 336 Å². The fraction of sp³-hybridized carbons (Fsp3) is 0.647. The molecule has 306 valence electrons. The lowest BCUT2D eigenvalue weighted by Gasteiger charge is -2.33. The van der Waals surface area contributed by atoms with Gasteiger partial charge in [0.15, 0.2) is 0 Å². The predicted molar refractivity (Wildman–Crippen MR) is 243 cm³/mol. The summed E-state index contributed by atoms with van der Waals surface area (Å²) in [5, 5.41) is 9.13. The number of piperazine rings is 1. The Balaban J connectivity index is 2.20. The van der Waals surface area contributed by atoms with Gasteiger partial charge in [-0.2, -0.15) is 0 Å². The van der Waals surface area contributed by atoms with E-state index in [-0.39, 0.29) is 6.61 Å². The van der Waals surface area contributed by atoms with Crippen molar-refractivity contribution in [1.29, 1.82) is 0 Å². The zero-order valence-electron chi connectivity index (χ0n) is 37.3. The molecule has 0 unspecified atom stereocenters. The molecule has 0 aromatic carbocycles. The number of nitrogens with zero attached hydrogens (tertiary/aromatic N) is 2. The Kier molecular flexibility index (Phi) is 29.1. The van der Waals surface area contributed by atoms with Crippen molar-refractivity contribution in [3.63, 3.8) is 0 Å². The smallest absolute Gasteiger partial charge is 0.0558 e. The molecule has 1 N–H and O–H groups in total. The minimum atomic E-state index is 0.271. The van der Waals surface area contributed by atoms with Crippen molar-refractivity contribution in [1.82, 2.24) is 9.80 Å². The van der Waals surface area contributed by atoms with Crippen LogP contribution in [0.2, 0.25) is 0 Å². The summed E-state index contributed by atoms with van der Waals surface area (Å²) in [6, 6.07) is 0. The van der Waals surface area contributed by atoms with Gasteiger partial charge < -0.3 is 5.11 Å². The second-order valence-electron chi connectivity index (χ2n) is 16.9. The van der Waals surface area contributed by atoms with E-state index >= 15 is 0 Å². The van der Waals surface area contributed by atoms with Crippen LogP contribution in [0, 0.1) is 0 Å². The number of aliphatic hydroxyl groups is 1. The molecule has 0 aromatic heterocycles. The summed E-state index contributed by atoms with van der Waals surface area (Å²) in [6.07, 6.45) is 40.6. The molecule has 0 aromatic rings. The minimum Gasteiger partial charge on any atom is -0.395 e. The maximum atomic E-state index is 9.13. The summed E-state index contributed by atoms with van der Waals surface area (Å²) in [5.41, 5.74) is 13.6. The number of rotatable bonds is 28. The molecule has 1 heterocycles. The first-order valence-electron chi connectivity index (χ1n) is 21.8. The zero-order chi connectivity index (χ0) is 40.0. The first-order valence-corrected chi connectivity index (χ1v) is 21.8. The van der Waals surface area contributed by atoms with Gasteiger partial charge in [-0.1, -0.05) is 105 Å². The van der Waals surface area contributed by atoms with Crippen LogP contribution in [0.3, 0.4) is 0 Å². The van der Waals surface area contributed by atoms with Gasteiger partial charge in [-0.25, -0.2) is 0 Å². The maximum absolute atomic E-state index is 9.13. The van der Waals surface area contributed by atoms with Crippen molar-refractivity contribution in [2.75, 3.05) is 45.9 Å². The van der Waals surface area contributed by atoms with Crippen molar-refractivity contribution in [2.45, 2.75) is 172 Å². The van der Waals surface area contributed by atoms with E-state index in [0.29, 0.717) is 0 Å². The molecule has 0 atom stereocenters. The number of aliphatic hydroxyl groups excluding tert-OH is 1. The SMILES string of the molecule is CC(C)=CCC/C(C)=C\CC/C(C)=C\CC/C(C)=C\CC/C(C)=C\CC/C(C)=C\CC/C(C)=C\CC/C(C)=C\CC/C(C)=C\CN1CCN(CCO)CC1. The maximum Gasteiger partial charge on any atom is 0.0558 e. The fourth-order valence-electron chi connectivity index (χ4n) is 6.85. The molecule has 0 spiro atoms. The van der Waals surface area contributed by atoms with Crippen LogP contribution >= 0.6 is 0 Å². The molecule has 0 amide bonds. The van der Waals surface area contributed by atoms with E-state index in [2.05, 4.69) is 134 Å². The molecule has 1 saturated heterocycles. The summed E-state index contributed by atoms with van der Waals surface area (Å²) < 4.78 is 0. The van der Waals surface area contributed by atoms with Crippen LogP contribution in [0.15, 0.2) is 105 Å². The number of β-amino-alcohol motifs (C(OH)–C–C–N with tert-alkyl or cyclic N) is 1. The summed E-state index contributed by atoms with van der Waals surface area (Å²) in [5.74, 6) is 0. The molecule has 0 bridgehead atoms. The molecule has 1 aliphatic rings. The van der Waals surface area contributed by atoms with Gasteiger partial charge in [-0.05, 0) is 172 Å². The highest BCUT2D eigenvalue weighted by atomic mass is 16.3. The Morgan fingerprint density at radius 2 is 0.593 bits per heavy atom. The van der Waals surface area contributed by atoms with E-state index < -0.39 is 0 Å². The summed E-state index contributed by atoms with van der Waals surface area (Å²) >= 11 is 0. The summed E-state index contributed by atoms with van der Waals surface area (Å²) in [6.45, 7) is 29.3. The molecular formula is C51H86N2O. The van der Waals surface area contributed by atoms with Crippen LogP contribution in [0.25, 0.3) is 0 Å². The lowest BCUT2D eigenvalue weighted by atomic mass is 10.0. The van der Waals surface area contributed by atoms with Crippen molar-refractivity contribution in [2.24, 2.45) is 0 Å². The van der Waals surface area contributed by atoms with Crippen LogP contribution in [-0.2, 0) is 0 Å². The van der Waals surface area contributed by atoms with Gasteiger partial charge in [0.25, 0.3) is 0 Å². The van der Waals surface area contributed by atoms with E-state index in [0.717, 1.165) is 84.2 Å². The summed E-state index contributed by atoms with van der Waals surface area (Å²) in [4.78, 5) is 4.89. The molecule has 1 fully saturated rings. The Hall–Kier alpha value is -2.46. The molecule has 0 aliphatic carbocycles. The van der Waals surface area contributed by atoms with Crippen LogP contribution in [-0.4, -0.2) is 60.8 Å². The normalized spacial score (nSPS) is 16.8. The standard InChI is InChI=1S/C51H86N2O/c1-43(2)19-11-20-44(3)21-12-22-45(4)23-13-24-46(5)25-14-26-47(6)27-15-28-48(7)29-16-30-49(8)31-17-32-50(9)33-18-34-51(10)35-36-52-37-39-53(40-38-52)41-42-54/h19,21,23,25,27,29,31,33,35,54H,11-18,20,22,24,26,28,30,32,34,36-42H2,1-10H3/b44-21-,45-23-,46-25-,47-27-,48-29-,49-31-,50-33-,51-35-. The lowest BCUT2D eigenvalue weighted by Crippen LogP contribution is -2.47. The predicted octanol–water partition coefficient (Wildman–Crippen LogP) is 14.4. The van der Waals surface area contributed by atoms with Gasteiger partial charge >= 0.3 is 0 Å². The third-order valence-corrected chi connectivity index (χ3v) is 10.9. The van der Waals surface area contributed by atoms with Crippen LogP contribution < -0.4 is 0 Å². The summed E-state index contributed by atoms with van der Waals surface area (Å²) in [7, 11) is 0. The molecular weight excluding hydrogens is 657 g/mol. The lowest BCUT2D eigenvalue weighted by molar-refractivity contribution is 0.120. The second kappa shape index (κ2) is 31.7. The van der Waals surface area contributed by atoms with Crippen molar-refractivity contribution in [3.05, 3.63) is 105 Å². The van der Waals surface area contributed by atoms with E-state index in [4.69, 9.17) is 5.11 Å². The Morgan fingerprint density at radius 1 is 0.352 bits per heavy atom. The number of allylic oxidation sites excluding steroid dienone is 17. The first-order chi connectivity index (χ1) is 25.9. The van der Waals surface area contributed by atoms with E-state index in [9.17, 15) is 0 Å². The molecule has 0 saturated carbocycles. The largest absolute Gasteiger partial charge is 0.395 e. The third kappa shape index (κ3) is 28.9. The second-order valence-corrected chi connectivity index (χ2v) is 16.9. The highest BCUT2D eigenvalue weighted by molar-refractivity contribution is 5.11. The van der Waals surface area contributed by atoms with Crippen molar-refractivity contribution in [3.8, 4) is 0 Å². The minimum absolute atomic E-state index is 0.271. The third-order valence-electron chi connectivity index (χ3n) is 10.9. The number of hydrogen-bond acceptors (Lipinski definition) is 3. The van der Waals surface area contributed by atoms with E-state index in [1.54, 1.807) is 0 Å². The van der Waals surface area contributed by atoms with Crippen molar-refractivity contribution >= 4 is 0 Å². The van der Waals surface area contributed by atoms with Crippen molar-refractivity contribution < 1.29 is 5.11 Å². The molecule has 3 nitrogen and oxygen atoms in total. The van der Waals surface area contributed by atoms with Crippen LogP contribution in [0.5, 0.6) is 0 Å². The van der Waals surface area contributed by atoms with Crippen LogP contribution in [0.4, 0.5) is 0 Å². The van der Waals surface area contributed by atoms with Crippen LogP contribution in [0.1, 0.15) is 172 Å². The zero-order valence-corrected chi connectivity index (χ0v) is 37.3. The Morgan fingerprint density at radius 3 is 0.852 bits per heavy atom. The molecule has 1 aliphatic heterocycles. The first kappa shape index (κ1) is 49.6. The molecule has 54 heavy (non-hydrogen) atoms. The average Bonchev–Trinajstić information content (AvgIpc) is 3.11. The average molecular weight is 743 g/mol. The Bertz CT molecular complexity index is 1300. The molecule has 1 rings (SSSR count). The van der Waals surface area contributed by atoms with Gasteiger partial charge in [0, 0.05) is 39.3 Å². The van der Waals surface area contributed by atoms with Gasteiger partial charge in [0.2, 0.25) is 0 Å². The molecule has 0 radical (unpaired) electrons. The highest BCUT2D eigenvalue weighted by Gasteiger charge is 2.15. The molecule has 3 heteroatoms. The fourth-order valence-corrected chi connectivity index (χ4v) is 6.85. The highest BCUT2D eigenvalue weighted by Crippen LogP contribution is 2.18. The van der Waals surface area contributed by atoms with Gasteiger partial charge in [-0.15, -0.1) is 0 Å². The van der Waals surface area contributed by atoms with Gasteiger partial charge in [0.05, 0.1) is 6.61 Å². The monoisotopic (exact) mass is 743 g/mol. The topological polar surface area (TPSA) is 26.7 Å². The van der Waals surface area contributed by atoms with E-state index in [1.807, 2.05) is 0 Å². The number of hydrogen-bond donors (Lipinski definition) is 1. The van der Waals surface area contributed by atoms with Gasteiger partial charge in [0.1, 0.15) is 0 Å². The quantitative estimate of drug-likeness (QED) is 0.0809. The van der Waals surface area contributed by atoms with Gasteiger partial charge in [-0.3, -0.25) is 9.80 Å². The van der Waals surface area contributed by atoms with E-state index in [1.165, 1.54) is 108 Å².